The van der Waals surface area contributed by atoms with Gasteiger partial charge in [0.25, 0.3) is 0 Å². The Balaban J connectivity index is 2.30. The first kappa shape index (κ1) is 28.6. The van der Waals surface area contributed by atoms with E-state index in [0.717, 1.165) is 29.9 Å². The summed E-state index contributed by atoms with van der Waals surface area (Å²) < 4.78 is 15.6. The number of amides is 2. The number of fused-ring (bicyclic) bond motifs is 16. The summed E-state index contributed by atoms with van der Waals surface area (Å²) in [5.74, 6) is 0.749. The quantitative estimate of drug-likeness (QED) is 0.268. The first-order valence-electron chi connectivity index (χ1n) is 11.9. The van der Waals surface area contributed by atoms with Crippen LogP contribution in [0.25, 0.3) is 0 Å². The number of esters is 1. The third-order valence-corrected chi connectivity index (χ3v) is 6.53. The van der Waals surface area contributed by atoms with E-state index >= 15 is 0 Å². The maximum absolute atomic E-state index is 13.2. The number of ether oxygens (including phenoxy) is 2. The molecule has 3 rings (SSSR count). The van der Waals surface area contributed by atoms with E-state index in [9.17, 15) is 14.4 Å². The average Bonchev–Trinajstić information content (AvgIpc) is 2.84. The van der Waals surface area contributed by atoms with Crippen LogP contribution in [0.3, 0.4) is 0 Å². The average molecular weight is 505 g/mol. The minimum absolute atomic E-state index is 0.132. The van der Waals surface area contributed by atoms with Crippen LogP contribution in [0.1, 0.15) is 38.7 Å². The van der Waals surface area contributed by atoms with Crippen molar-refractivity contribution >= 4 is 44.0 Å². The highest BCUT2D eigenvalue weighted by Crippen LogP contribution is 2.17. The summed E-state index contributed by atoms with van der Waals surface area (Å²) in [7, 11) is 2.75. The SMILES string of the molecule is BOC=N[C@H]1Cc2ccc(cc2)OCCCCSC[C@@H](C(=O)OC)NC(=O)[C@H](CC(C)C)NC1=O. The molecule has 0 aliphatic carbocycles. The number of carbonyl (C=O) groups is 3. The molecule has 9 nitrogen and oxygen atoms in total. The maximum atomic E-state index is 13.2. The minimum atomic E-state index is -0.822. The van der Waals surface area contributed by atoms with Crippen molar-refractivity contribution in [3.8, 4) is 5.75 Å². The van der Waals surface area contributed by atoms with Crippen LogP contribution in [0.15, 0.2) is 29.3 Å². The lowest BCUT2D eigenvalue weighted by atomic mass is 10.0. The fourth-order valence-electron chi connectivity index (χ4n) is 3.54. The molecule has 3 atom stereocenters. The predicted octanol–water partition coefficient (Wildman–Crippen LogP) is 1.29. The maximum Gasteiger partial charge on any atom is 0.329 e. The predicted molar refractivity (Wildman–Crippen MR) is 139 cm³/mol. The summed E-state index contributed by atoms with van der Waals surface area (Å²) in [5, 5.41) is 5.61. The molecular formula is C24H36BN3O6S. The molecule has 1 aromatic rings. The largest absolute Gasteiger partial charge is 0.560 e. The molecule has 11 heteroatoms. The molecule has 0 radical (unpaired) electrons. The van der Waals surface area contributed by atoms with Gasteiger partial charge in [-0.2, -0.15) is 11.8 Å². The van der Waals surface area contributed by atoms with Crippen LogP contribution < -0.4 is 15.4 Å². The van der Waals surface area contributed by atoms with E-state index in [1.807, 2.05) is 38.1 Å². The van der Waals surface area contributed by atoms with Crippen molar-refractivity contribution in [3.05, 3.63) is 29.8 Å². The number of methoxy groups -OCH3 is 1. The number of aliphatic imine (C=N–C) groups is 1. The fourth-order valence-corrected chi connectivity index (χ4v) is 4.57. The van der Waals surface area contributed by atoms with Crippen molar-refractivity contribution in [2.24, 2.45) is 10.9 Å². The number of rotatable bonds is 5. The molecule has 0 unspecified atom stereocenters. The fraction of sp³-hybridized carbons (Fsp3) is 0.583. The summed E-state index contributed by atoms with van der Waals surface area (Å²) >= 11 is 1.56. The van der Waals surface area contributed by atoms with Crippen molar-refractivity contribution < 1.29 is 28.5 Å². The molecule has 2 amide bonds. The number of hydrogen-bond donors (Lipinski definition) is 2. The van der Waals surface area contributed by atoms with E-state index in [4.69, 9.17) is 14.1 Å². The number of benzene rings is 1. The standard InChI is InChI=1S/C24H36BN3O6S/c1-16(2)12-20-23(30)28-21(24(31)32-3)14-35-11-5-4-10-33-18-8-6-17(7-9-18)13-19(22(29)27-20)26-15-34-25/h6-9,15-16,19-21H,4-5,10-14,25H2,1-3H3,(H,27,29)(H,28,30)/t19-,20-,21-/m0/s1. The van der Waals surface area contributed by atoms with Crippen LogP contribution >= 0.6 is 11.8 Å². The molecule has 0 aromatic heterocycles. The second-order valence-corrected chi connectivity index (χ2v) is 9.91. The molecule has 2 N–H and O–H groups in total. The third kappa shape index (κ3) is 10.2. The Labute approximate surface area is 212 Å². The lowest BCUT2D eigenvalue weighted by molar-refractivity contribution is -0.144. The van der Waals surface area contributed by atoms with Crippen molar-refractivity contribution in [2.75, 3.05) is 25.2 Å². The van der Waals surface area contributed by atoms with Crippen LogP contribution in [0, 0.1) is 5.92 Å². The highest BCUT2D eigenvalue weighted by atomic mass is 32.2. The number of nitrogens with zero attached hydrogens (tertiary/aromatic N) is 1. The topological polar surface area (TPSA) is 115 Å². The van der Waals surface area contributed by atoms with Crippen LogP contribution in [-0.4, -0.2) is 75.6 Å². The summed E-state index contributed by atoms with van der Waals surface area (Å²) in [4.78, 5) is 42.9. The summed E-state index contributed by atoms with van der Waals surface area (Å²) in [6.07, 6.45) is 3.73. The molecule has 192 valence electrons. The molecule has 35 heavy (non-hydrogen) atoms. The lowest BCUT2D eigenvalue weighted by Crippen LogP contribution is -2.54. The monoisotopic (exact) mass is 505 g/mol. The molecule has 0 saturated heterocycles. The third-order valence-electron chi connectivity index (χ3n) is 5.38. The van der Waals surface area contributed by atoms with E-state index in [2.05, 4.69) is 15.6 Å². The van der Waals surface area contributed by atoms with Crippen LogP contribution in [0.2, 0.25) is 0 Å². The van der Waals surface area contributed by atoms with E-state index in [1.54, 1.807) is 11.8 Å². The Morgan fingerprint density at radius 1 is 1.23 bits per heavy atom. The van der Waals surface area contributed by atoms with E-state index in [-0.39, 0.29) is 5.92 Å². The van der Waals surface area contributed by atoms with Crippen LogP contribution in [0.5, 0.6) is 5.75 Å². The summed E-state index contributed by atoms with van der Waals surface area (Å²) in [6, 6.07) is 5.14. The number of carbonyl (C=O) groups excluding carboxylic acids is 3. The number of hydrogen-bond acceptors (Lipinski definition) is 8. The van der Waals surface area contributed by atoms with Gasteiger partial charge >= 0.3 is 14.0 Å². The molecular weight excluding hydrogens is 469 g/mol. The normalized spacial score (nSPS) is 22.9. The van der Waals surface area contributed by atoms with Gasteiger partial charge in [0.1, 0.15) is 23.9 Å². The van der Waals surface area contributed by atoms with Crippen LogP contribution in [0.4, 0.5) is 0 Å². The molecule has 2 aliphatic rings. The van der Waals surface area contributed by atoms with Crippen molar-refractivity contribution in [1.29, 1.82) is 0 Å². The molecule has 2 heterocycles. The minimum Gasteiger partial charge on any atom is -0.560 e. The number of nitrogens with one attached hydrogen (secondary N) is 2. The summed E-state index contributed by atoms with van der Waals surface area (Å²) in [5.41, 5.74) is 0.899. The lowest BCUT2D eigenvalue weighted by Gasteiger charge is -2.24. The number of thioether (sulfide) groups is 1. The Bertz CT molecular complexity index is 852. The van der Waals surface area contributed by atoms with E-state index < -0.39 is 35.9 Å². The van der Waals surface area contributed by atoms with Gasteiger partial charge in [-0.1, -0.05) is 26.0 Å². The molecule has 0 fully saturated rings. The van der Waals surface area contributed by atoms with Gasteiger partial charge in [0.15, 0.2) is 6.40 Å². The first-order valence-corrected chi connectivity index (χ1v) is 13.0. The molecule has 0 spiro atoms. The highest BCUT2D eigenvalue weighted by Gasteiger charge is 2.30. The van der Waals surface area contributed by atoms with Gasteiger partial charge in [-0.25, -0.2) is 9.79 Å². The van der Waals surface area contributed by atoms with Gasteiger partial charge in [0.2, 0.25) is 11.8 Å². The van der Waals surface area contributed by atoms with Crippen molar-refractivity contribution in [2.45, 2.75) is 57.7 Å². The molecule has 1 aromatic carbocycles. The Kier molecular flexibility index (Phi) is 12.5. The molecule has 2 bridgehead atoms. The highest BCUT2D eigenvalue weighted by molar-refractivity contribution is 7.99. The molecule has 2 aliphatic heterocycles. The first-order chi connectivity index (χ1) is 16.8. The zero-order chi connectivity index (χ0) is 25.6. The van der Waals surface area contributed by atoms with Crippen LogP contribution in [-0.2, 0) is 30.2 Å². The summed E-state index contributed by atoms with van der Waals surface area (Å²) in [6.45, 7) is 4.51. The van der Waals surface area contributed by atoms with E-state index in [1.165, 1.54) is 21.6 Å². The zero-order valence-corrected chi connectivity index (χ0v) is 21.8. The Morgan fingerprint density at radius 2 is 1.97 bits per heavy atom. The Hall–Kier alpha value is -2.69. The van der Waals surface area contributed by atoms with Gasteiger partial charge in [0, 0.05) is 12.2 Å². The van der Waals surface area contributed by atoms with Gasteiger partial charge < -0.3 is 24.8 Å². The van der Waals surface area contributed by atoms with Gasteiger partial charge in [-0.15, -0.1) is 0 Å². The zero-order valence-electron chi connectivity index (χ0n) is 21.0. The second-order valence-electron chi connectivity index (χ2n) is 8.76. The Morgan fingerprint density at radius 3 is 2.63 bits per heavy atom. The van der Waals surface area contributed by atoms with E-state index in [0.29, 0.717) is 25.2 Å². The van der Waals surface area contributed by atoms with Crippen molar-refractivity contribution in [1.82, 2.24) is 10.6 Å². The van der Waals surface area contributed by atoms with Gasteiger partial charge in [-0.05, 0) is 48.6 Å². The second kappa shape index (κ2) is 15.3. The molecule has 0 saturated carbocycles. The van der Waals surface area contributed by atoms with Crippen molar-refractivity contribution in [3.63, 3.8) is 0 Å². The van der Waals surface area contributed by atoms with Gasteiger partial charge in [0.05, 0.1) is 13.7 Å². The smallest absolute Gasteiger partial charge is 0.329 e. The van der Waals surface area contributed by atoms with Gasteiger partial charge in [-0.3, -0.25) is 9.59 Å².